The molecule has 0 aromatic carbocycles. The number of anilines is 2. The molecular formula is C13H24N6O. The number of nitrogen functional groups attached to an aromatic ring is 1. The minimum Gasteiger partial charge on any atom is -0.368 e. The van der Waals surface area contributed by atoms with Crippen molar-refractivity contribution in [1.29, 1.82) is 0 Å². The molecular weight excluding hydrogens is 256 g/mol. The number of nitrogens with one attached hydrogen (secondary N) is 1. The highest BCUT2D eigenvalue weighted by Crippen LogP contribution is 2.17. The maximum Gasteiger partial charge on any atom is 0.236 e. The molecule has 0 unspecified atom stereocenters. The van der Waals surface area contributed by atoms with Crippen molar-refractivity contribution in [2.75, 3.05) is 23.4 Å². The molecule has 20 heavy (non-hydrogen) atoms. The number of aromatic nitrogens is 2. The molecule has 7 nitrogen and oxygen atoms in total. The van der Waals surface area contributed by atoms with Gasteiger partial charge in [0.25, 0.3) is 0 Å². The number of carbonyl (C=O) groups is 1. The standard InChI is InChI=1S/C13H24N6O/c1-4-5-11-16-12(18-15)6-13(17-11)19(7-9(2)3)8-10(14)20/h6,9H,4-5,7-8,15H2,1-3H3,(H2,14,20)(H,16,17,18). The van der Waals surface area contributed by atoms with Crippen molar-refractivity contribution in [3.63, 3.8) is 0 Å². The van der Waals surface area contributed by atoms with Gasteiger partial charge in [0.2, 0.25) is 5.91 Å². The summed E-state index contributed by atoms with van der Waals surface area (Å²) in [6.45, 7) is 7.02. The molecule has 112 valence electrons. The predicted molar refractivity (Wildman–Crippen MR) is 80.1 cm³/mol. The lowest BCUT2D eigenvalue weighted by atomic mass is 10.2. The third kappa shape index (κ3) is 5.00. The number of hydrogen-bond donors (Lipinski definition) is 3. The van der Waals surface area contributed by atoms with Crippen molar-refractivity contribution in [1.82, 2.24) is 9.97 Å². The van der Waals surface area contributed by atoms with Crippen LogP contribution in [-0.4, -0.2) is 29.0 Å². The highest BCUT2D eigenvalue weighted by atomic mass is 16.1. The number of carbonyl (C=O) groups excluding carboxylic acids is 1. The largest absolute Gasteiger partial charge is 0.368 e. The van der Waals surface area contributed by atoms with Gasteiger partial charge in [-0.3, -0.25) is 4.79 Å². The van der Waals surface area contributed by atoms with Crippen molar-refractivity contribution in [2.45, 2.75) is 33.6 Å². The third-order valence-electron chi connectivity index (χ3n) is 2.64. The van der Waals surface area contributed by atoms with Gasteiger partial charge >= 0.3 is 0 Å². The second kappa shape index (κ2) is 7.64. The lowest BCUT2D eigenvalue weighted by Crippen LogP contribution is -2.37. The van der Waals surface area contributed by atoms with Crippen LogP contribution in [0.4, 0.5) is 11.6 Å². The second-order valence-electron chi connectivity index (χ2n) is 5.16. The zero-order chi connectivity index (χ0) is 15.1. The van der Waals surface area contributed by atoms with Gasteiger partial charge in [-0.1, -0.05) is 20.8 Å². The fourth-order valence-corrected chi connectivity index (χ4v) is 1.92. The molecule has 0 aliphatic rings. The molecule has 5 N–H and O–H groups in total. The summed E-state index contributed by atoms with van der Waals surface area (Å²) in [4.78, 5) is 21.9. The molecule has 0 aliphatic carbocycles. The fourth-order valence-electron chi connectivity index (χ4n) is 1.92. The van der Waals surface area contributed by atoms with Gasteiger partial charge in [-0.2, -0.15) is 0 Å². The molecule has 0 fully saturated rings. The highest BCUT2D eigenvalue weighted by Gasteiger charge is 2.15. The summed E-state index contributed by atoms with van der Waals surface area (Å²) < 4.78 is 0. The van der Waals surface area contributed by atoms with E-state index < -0.39 is 0 Å². The minimum atomic E-state index is -0.386. The summed E-state index contributed by atoms with van der Waals surface area (Å²) in [6.07, 6.45) is 1.70. The van der Waals surface area contributed by atoms with Crippen LogP contribution in [0.3, 0.4) is 0 Å². The molecule has 0 atom stereocenters. The molecule has 1 aromatic heterocycles. The molecule has 0 aliphatic heterocycles. The van der Waals surface area contributed by atoms with Crippen molar-refractivity contribution in [3.8, 4) is 0 Å². The van der Waals surface area contributed by atoms with E-state index in [-0.39, 0.29) is 12.5 Å². The fraction of sp³-hybridized carbons (Fsp3) is 0.615. The molecule has 7 heteroatoms. The van der Waals surface area contributed by atoms with E-state index in [1.54, 1.807) is 6.07 Å². The van der Waals surface area contributed by atoms with Crippen molar-refractivity contribution in [3.05, 3.63) is 11.9 Å². The summed E-state index contributed by atoms with van der Waals surface area (Å²) >= 11 is 0. The summed E-state index contributed by atoms with van der Waals surface area (Å²) in [6, 6.07) is 1.73. The molecule has 0 spiro atoms. The highest BCUT2D eigenvalue weighted by molar-refractivity contribution is 5.79. The average Bonchev–Trinajstić information content (AvgIpc) is 2.37. The van der Waals surface area contributed by atoms with Gasteiger partial charge in [-0.25, -0.2) is 15.8 Å². The average molecular weight is 280 g/mol. The van der Waals surface area contributed by atoms with Crippen LogP contribution in [0, 0.1) is 5.92 Å². The van der Waals surface area contributed by atoms with Crippen LogP contribution in [0.2, 0.25) is 0 Å². The number of amides is 1. The Morgan fingerprint density at radius 3 is 2.65 bits per heavy atom. The molecule has 0 radical (unpaired) electrons. The number of nitrogens with two attached hydrogens (primary N) is 2. The second-order valence-corrected chi connectivity index (χ2v) is 5.16. The molecule has 1 rings (SSSR count). The van der Waals surface area contributed by atoms with E-state index in [0.717, 1.165) is 12.8 Å². The van der Waals surface area contributed by atoms with E-state index in [1.807, 2.05) is 4.90 Å². The van der Waals surface area contributed by atoms with Crippen molar-refractivity contribution < 1.29 is 4.79 Å². The summed E-state index contributed by atoms with van der Waals surface area (Å²) in [5.41, 5.74) is 7.84. The number of rotatable bonds is 8. The molecule has 1 amide bonds. The first-order valence-corrected chi connectivity index (χ1v) is 6.84. The van der Waals surface area contributed by atoms with Gasteiger partial charge in [0, 0.05) is 19.0 Å². The Bertz CT molecular complexity index is 448. The first-order valence-electron chi connectivity index (χ1n) is 6.84. The Labute approximate surface area is 119 Å². The minimum absolute atomic E-state index is 0.130. The normalized spacial score (nSPS) is 10.7. The van der Waals surface area contributed by atoms with Gasteiger partial charge in [0.1, 0.15) is 17.5 Å². The van der Waals surface area contributed by atoms with Crippen LogP contribution in [0.15, 0.2) is 6.07 Å². The lowest BCUT2D eigenvalue weighted by molar-refractivity contribution is -0.116. The zero-order valence-electron chi connectivity index (χ0n) is 12.4. The maximum absolute atomic E-state index is 11.2. The Kier molecular flexibility index (Phi) is 6.17. The van der Waals surface area contributed by atoms with Crippen LogP contribution in [0.1, 0.15) is 33.0 Å². The Balaban J connectivity index is 3.09. The van der Waals surface area contributed by atoms with E-state index in [1.165, 1.54) is 0 Å². The first-order chi connectivity index (χ1) is 9.46. The topological polar surface area (TPSA) is 110 Å². The van der Waals surface area contributed by atoms with E-state index in [0.29, 0.717) is 29.9 Å². The van der Waals surface area contributed by atoms with Crippen LogP contribution in [0.25, 0.3) is 0 Å². The van der Waals surface area contributed by atoms with Crippen LogP contribution < -0.4 is 21.9 Å². The summed E-state index contributed by atoms with van der Waals surface area (Å²) in [7, 11) is 0. The molecule has 0 saturated heterocycles. The number of nitrogens with zero attached hydrogens (tertiary/aromatic N) is 3. The summed E-state index contributed by atoms with van der Waals surface area (Å²) in [5, 5.41) is 0. The van der Waals surface area contributed by atoms with Gasteiger partial charge in [-0.05, 0) is 12.3 Å². The first kappa shape index (κ1) is 16.2. The number of primary amides is 1. The molecule has 1 aromatic rings. The number of aryl methyl sites for hydroxylation is 1. The smallest absolute Gasteiger partial charge is 0.236 e. The van der Waals surface area contributed by atoms with Crippen LogP contribution >= 0.6 is 0 Å². The zero-order valence-corrected chi connectivity index (χ0v) is 12.4. The summed E-state index contributed by atoms with van der Waals surface area (Å²) in [5.74, 6) is 7.35. The van der Waals surface area contributed by atoms with Gasteiger partial charge in [0.15, 0.2) is 0 Å². The van der Waals surface area contributed by atoms with Gasteiger partial charge < -0.3 is 16.1 Å². The SMILES string of the molecule is CCCc1nc(NN)cc(N(CC(N)=O)CC(C)C)n1. The van der Waals surface area contributed by atoms with Crippen LogP contribution in [-0.2, 0) is 11.2 Å². The van der Waals surface area contributed by atoms with Gasteiger partial charge in [0.05, 0.1) is 6.54 Å². The molecule has 0 saturated carbocycles. The molecule has 0 bridgehead atoms. The Morgan fingerprint density at radius 1 is 1.45 bits per heavy atom. The monoisotopic (exact) mass is 280 g/mol. The van der Waals surface area contributed by atoms with E-state index in [9.17, 15) is 4.79 Å². The van der Waals surface area contributed by atoms with Gasteiger partial charge in [-0.15, -0.1) is 0 Å². The van der Waals surface area contributed by atoms with E-state index in [2.05, 4.69) is 36.2 Å². The lowest BCUT2D eigenvalue weighted by Gasteiger charge is -2.25. The maximum atomic E-state index is 11.2. The van der Waals surface area contributed by atoms with E-state index in [4.69, 9.17) is 11.6 Å². The molecule has 1 heterocycles. The Hall–Kier alpha value is -1.89. The van der Waals surface area contributed by atoms with E-state index >= 15 is 0 Å². The van der Waals surface area contributed by atoms with Crippen molar-refractivity contribution in [2.24, 2.45) is 17.5 Å². The van der Waals surface area contributed by atoms with Crippen LogP contribution in [0.5, 0.6) is 0 Å². The quantitative estimate of drug-likeness (QED) is 0.476. The van der Waals surface area contributed by atoms with Crippen molar-refractivity contribution >= 4 is 17.5 Å². The predicted octanol–water partition coefficient (Wildman–Crippen LogP) is 0.662. The Morgan fingerprint density at radius 2 is 2.15 bits per heavy atom. The number of hydrazine groups is 1. The number of hydrogen-bond acceptors (Lipinski definition) is 6. The third-order valence-corrected chi connectivity index (χ3v) is 2.64.